The summed E-state index contributed by atoms with van der Waals surface area (Å²) in [6.07, 6.45) is 75.1. The zero-order chi connectivity index (χ0) is 49.3. The maximum Gasteiger partial charge on any atom is 0.306 e. The van der Waals surface area contributed by atoms with Gasteiger partial charge in [-0.1, -0.05) is 226 Å². The van der Waals surface area contributed by atoms with Crippen molar-refractivity contribution >= 4 is 17.9 Å². The van der Waals surface area contributed by atoms with E-state index in [1.165, 1.54) is 96.3 Å². The summed E-state index contributed by atoms with van der Waals surface area (Å²) < 4.78 is 16.8. The van der Waals surface area contributed by atoms with Crippen molar-refractivity contribution in [2.45, 2.75) is 252 Å². The molecule has 0 aromatic rings. The molecule has 0 rings (SSSR count). The van der Waals surface area contributed by atoms with Crippen molar-refractivity contribution in [3.8, 4) is 0 Å². The molecule has 6 heteroatoms. The van der Waals surface area contributed by atoms with Crippen LogP contribution in [0.5, 0.6) is 0 Å². The van der Waals surface area contributed by atoms with Crippen LogP contribution in [0.15, 0.2) is 109 Å². The van der Waals surface area contributed by atoms with Crippen LogP contribution >= 0.6 is 0 Å². The molecule has 0 aromatic heterocycles. The fraction of sp³-hybridized carbons (Fsp3) is 0.661. The van der Waals surface area contributed by atoms with Crippen LogP contribution in [0.4, 0.5) is 0 Å². The number of carbonyl (C=O) groups excluding carboxylic acids is 3. The van der Waals surface area contributed by atoms with E-state index in [4.69, 9.17) is 14.2 Å². The molecule has 0 aliphatic heterocycles. The average molecular weight is 943 g/mol. The highest BCUT2D eigenvalue weighted by Crippen LogP contribution is 2.14. The molecule has 0 aliphatic carbocycles. The Bertz CT molecular complexity index is 1410. The lowest BCUT2D eigenvalue weighted by atomic mass is 10.1. The number of hydrogen-bond donors (Lipinski definition) is 0. The molecular weight excluding hydrogens is 841 g/mol. The smallest absolute Gasteiger partial charge is 0.306 e. The summed E-state index contributed by atoms with van der Waals surface area (Å²) in [4.78, 5) is 38.1. The van der Waals surface area contributed by atoms with Crippen LogP contribution in [0.3, 0.4) is 0 Å². The van der Waals surface area contributed by atoms with Gasteiger partial charge in [-0.2, -0.15) is 0 Å². The van der Waals surface area contributed by atoms with Gasteiger partial charge in [0, 0.05) is 19.3 Å². The van der Waals surface area contributed by atoms with E-state index in [-0.39, 0.29) is 37.5 Å². The molecule has 0 spiro atoms. The molecule has 0 saturated carbocycles. The van der Waals surface area contributed by atoms with Gasteiger partial charge in [0.15, 0.2) is 6.10 Å². The first-order valence-corrected chi connectivity index (χ1v) is 27.9. The van der Waals surface area contributed by atoms with Crippen molar-refractivity contribution in [1.82, 2.24) is 0 Å². The van der Waals surface area contributed by atoms with Crippen LogP contribution in [-0.4, -0.2) is 37.2 Å². The minimum absolute atomic E-state index is 0.112. The monoisotopic (exact) mass is 943 g/mol. The topological polar surface area (TPSA) is 78.9 Å². The van der Waals surface area contributed by atoms with Crippen molar-refractivity contribution in [1.29, 1.82) is 0 Å². The Morgan fingerprint density at radius 2 is 0.618 bits per heavy atom. The largest absolute Gasteiger partial charge is 0.462 e. The lowest BCUT2D eigenvalue weighted by Gasteiger charge is -2.18. The van der Waals surface area contributed by atoms with Gasteiger partial charge in [0.1, 0.15) is 13.2 Å². The number of rotatable bonds is 49. The average Bonchev–Trinajstić information content (AvgIpc) is 3.34. The van der Waals surface area contributed by atoms with Crippen LogP contribution in [0.1, 0.15) is 245 Å². The third-order valence-corrected chi connectivity index (χ3v) is 11.5. The number of hydrogen-bond acceptors (Lipinski definition) is 6. The predicted molar refractivity (Wildman–Crippen MR) is 293 cm³/mol. The van der Waals surface area contributed by atoms with E-state index in [0.29, 0.717) is 19.3 Å². The Hall–Kier alpha value is -3.93. The number of esters is 3. The van der Waals surface area contributed by atoms with E-state index < -0.39 is 6.10 Å². The van der Waals surface area contributed by atoms with E-state index in [0.717, 1.165) is 103 Å². The van der Waals surface area contributed by atoms with Crippen LogP contribution in [0, 0.1) is 0 Å². The van der Waals surface area contributed by atoms with Gasteiger partial charge in [-0.3, -0.25) is 14.4 Å². The molecule has 0 radical (unpaired) electrons. The van der Waals surface area contributed by atoms with E-state index in [9.17, 15) is 14.4 Å². The van der Waals surface area contributed by atoms with Crippen LogP contribution < -0.4 is 0 Å². The first-order valence-electron chi connectivity index (χ1n) is 27.9. The second-order valence-corrected chi connectivity index (χ2v) is 18.1. The quantitative estimate of drug-likeness (QED) is 0.0262. The van der Waals surface area contributed by atoms with Crippen LogP contribution in [-0.2, 0) is 28.6 Å². The summed E-state index contributed by atoms with van der Waals surface area (Å²) >= 11 is 0. The second kappa shape index (κ2) is 55.7. The molecule has 0 aliphatic rings. The van der Waals surface area contributed by atoms with Crippen LogP contribution in [0.2, 0.25) is 0 Å². The Morgan fingerprint density at radius 1 is 0.309 bits per heavy atom. The third-order valence-electron chi connectivity index (χ3n) is 11.5. The van der Waals surface area contributed by atoms with Crippen LogP contribution in [0.25, 0.3) is 0 Å². The van der Waals surface area contributed by atoms with Gasteiger partial charge >= 0.3 is 17.9 Å². The number of carbonyl (C=O) groups is 3. The number of allylic oxidation sites excluding steroid dienone is 18. The Balaban J connectivity index is 4.53. The number of ether oxygens (including phenoxy) is 3. The van der Waals surface area contributed by atoms with Gasteiger partial charge in [0.25, 0.3) is 0 Å². The summed E-state index contributed by atoms with van der Waals surface area (Å²) in [7, 11) is 0. The SMILES string of the molecule is CC/C=C\C/C=C\C/C=C\C/C=C\C/C=C\C/C=C\CCC(=O)OC[C@@H](COC(=O)CCCCCCC/C=C\C/C=C\CCCC)OC(=O)CCCCCCCCC/C=C\CCCCCCCC. The predicted octanol–water partition coefficient (Wildman–Crippen LogP) is 18.7. The summed E-state index contributed by atoms with van der Waals surface area (Å²) in [5.41, 5.74) is 0. The van der Waals surface area contributed by atoms with Crippen molar-refractivity contribution in [2.75, 3.05) is 13.2 Å². The van der Waals surface area contributed by atoms with Gasteiger partial charge in [0.2, 0.25) is 0 Å². The standard InChI is InChI=1S/C62H102O6/c1-4-7-10-13-16-19-22-25-28-30-31-33-34-37-40-43-46-49-52-55-61(64)67-58-59(57-66-60(63)54-51-48-45-42-39-36-27-24-21-18-15-12-9-6-3)68-62(65)56-53-50-47-44-41-38-35-32-29-26-23-20-17-14-11-8-5-2/h7,10,15-16,18-19,24-29,31,33,37,40,46,49,59H,4-6,8-9,11-14,17,20-23,30,32,34-36,38-39,41-45,47-48,50-58H2,1-3H3/b10-7-,18-15-,19-16-,27-24-,28-25-,29-26-,33-31-,40-37-,49-46-/t59-/m1/s1. The molecule has 0 bridgehead atoms. The zero-order valence-electron chi connectivity index (χ0n) is 44.1. The molecule has 386 valence electrons. The number of unbranched alkanes of at least 4 members (excludes halogenated alkanes) is 20. The first kappa shape index (κ1) is 64.1. The van der Waals surface area contributed by atoms with E-state index in [1.54, 1.807) is 0 Å². The lowest BCUT2D eigenvalue weighted by molar-refractivity contribution is -0.166. The zero-order valence-corrected chi connectivity index (χ0v) is 44.1. The summed E-state index contributed by atoms with van der Waals surface area (Å²) in [5.74, 6) is -1.02. The molecule has 6 nitrogen and oxygen atoms in total. The van der Waals surface area contributed by atoms with Gasteiger partial charge in [-0.15, -0.1) is 0 Å². The summed E-state index contributed by atoms with van der Waals surface area (Å²) in [6, 6.07) is 0. The van der Waals surface area contributed by atoms with Gasteiger partial charge in [-0.25, -0.2) is 0 Å². The Kier molecular flexibility index (Phi) is 52.4. The molecule has 0 amide bonds. The molecule has 0 heterocycles. The summed E-state index contributed by atoms with van der Waals surface area (Å²) in [6.45, 7) is 6.40. The van der Waals surface area contributed by atoms with Gasteiger partial charge in [-0.05, 0) is 109 Å². The molecular formula is C62H102O6. The fourth-order valence-electron chi connectivity index (χ4n) is 7.30. The normalized spacial score (nSPS) is 12.9. The second-order valence-electron chi connectivity index (χ2n) is 18.1. The van der Waals surface area contributed by atoms with E-state index in [2.05, 4.69) is 124 Å². The third kappa shape index (κ3) is 53.0. The molecule has 0 aromatic carbocycles. The van der Waals surface area contributed by atoms with E-state index >= 15 is 0 Å². The Morgan fingerprint density at radius 3 is 1.04 bits per heavy atom. The van der Waals surface area contributed by atoms with Crippen molar-refractivity contribution in [2.24, 2.45) is 0 Å². The highest BCUT2D eigenvalue weighted by atomic mass is 16.6. The van der Waals surface area contributed by atoms with Gasteiger partial charge in [0.05, 0.1) is 0 Å². The van der Waals surface area contributed by atoms with Crippen molar-refractivity contribution in [3.63, 3.8) is 0 Å². The van der Waals surface area contributed by atoms with Gasteiger partial charge < -0.3 is 14.2 Å². The molecule has 0 unspecified atom stereocenters. The van der Waals surface area contributed by atoms with Crippen molar-refractivity contribution < 1.29 is 28.6 Å². The molecule has 1 atom stereocenters. The van der Waals surface area contributed by atoms with Crippen molar-refractivity contribution in [3.05, 3.63) is 109 Å². The maximum atomic E-state index is 12.8. The summed E-state index contributed by atoms with van der Waals surface area (Å²) in [5, 5.41) is 0. The minimum Gasteiger partial charge on any atom is -0.462 e. The Labute approximate surface area is 419 Å². The highest BCUT2D eigenvalue weighted by Gasteiger charge is 2.19. The minimum atomic E-state index is -0.819. The molecule has 0 N–H and O–H groups in total. The first-order chi connectivity index (χ1) is 33.5. The molecule has 0 fully saturated rings. The lowest BCUT2D eigenvalue weighted by Crippen LogP contribution is -2.30. The molecule has 68 heavy (non-hydrogen) atoms. The molecule has 0 saturated heterocycles. The highest BCUT2D eigenvalue weighted by molar-refractivity contribution is 5.71. The maximum absolute atomic E-state index is 12.8. The fourth-order valence-corrected chi connectivity index (χ4v) is 7.30. The van der Waals surface area contributed by atoms with E-state index in [1.807, 2.05) is 6.08 Å².